The lowest BCUT2D eigenvalue weighted by Crippen LogP contribution is -2.41. The first-order valence-corrected chi connectivity index (χ1v) is 15.1. The zero-order chi connectivity index (χ0) is 32.1. The predicted octanol–water partition coefficient (Wildman–Crippen LogP) is 7.52. The van der Waals surface area contributed by atoms with Gasteiger partial charge in [0, 0.05) is 16.7 Å². The molecule has 1 amide bonds. The number of nitrogens with zero attached hydrogens (tertiary/aromatic N) is 3. The Labute approximate surface area is 271 Å². The van der Waals surface area contributed by atoms with E-state index in [-0.39, 0.29) is 5.88 Å². The van der Waals surface area contributed by atoms with Crippen molar-refractivity contribution >= 4 is 34.6 Å². The van der Waals surface area contributed by atoms with Crippen molar-refractivity contribution in [2.75, 3.05) is 17.3 Å². The zero-order valence-electron chi connectivity index (χ0n) is 25.5. The molecule has 0 aliphatic carbocycles. The van der Waals surface area contributed by atoms with Crippen molar-refractivity contribution in [1.82, 2.24) is 15.0 Å². The standard InChI is InChI=1S/C38H30N6O3/c1-46-32-24-22-29(23-25-32)38(27-14-6-2-7-15-27,28-16-8-3-9-17-28)43-36-41-34-33(39-26-40-34)35(42-36)47-37(45)44(30-18-10-4-11-19-30)31-20-12-5-13-21-31/h2-26H,1H3,(H2,39,40,41,42,43)/p+1. The van der Waals surface area contributed by atoms with Crippen LogP contribution in [0.4, 0.5) is 22.1 Å². The van der Waals surface area contributed by atoms with Crippen LogP contribution < -0.4 is 24.7 Å². The van der Waals surface area contributed by atoms with Crippen LogP contribution in [0.1, 0.15) is 16.7 Å². The Balaban J connectivity index is 1.36. The van der Waals surface area contributed by atoms with Gasteiger partial charge in [0.1, 0.15) is 5.75 Å². The van der Waals surface area contributed by atoms with Crippen LogP contribution in [-0.4, -0.2) is 28.2 Å². The Morgan fingerprint density at radius 3 is 1.77 bits per heavy atom. The van der Waals surface area contributed by atoms with Crippen LogP contribution in [0.5, 0.6) is 11.6 Å². The third kappa shape index (κ3) is 5.73. The van der Waals surface area contributed by atoms with Gasteiger partial charge >= 0.3 is 12.0 Å². The zero-order valence-corrected chi connectivity index (χ0v) is 25.5. The lowest BCUT2D eigenvalue weighted by molar-refractivity contribution is -0.375. The maximum atomic E-state index is 14.0. The lowest BCUT2D eigenvalue weighted by Gasteiger charge is -2.33. The number of carbonyl (C=O) groups is 1. The molecule has 0 aliphatic rings. The van der Waals surface area contributed by atoms with E-state index < -0.39 is 11.6 Å². The number of nitrogens with one attached hydrogen (secondary N) is 3. The molecule has 230 valence electrons. The number of H-pyrrole nitrogens is 2. The van der Waals surface area contributed by atoms with Crippen molar-refractivity contribution in [3.8, 4) is 11.6 Å². The molecular weight excluding hydrogens is 588 g/mol. The number of hydrogen-bond donors (Lipinski definition) is 2. The molecule has 0 radical (unpaired) electrons. The molecule has 2 aromatic heterocycles. The van der Waals surface area contributed by atoms with Crippen LogP contribution >= 0.6 is 0 Å². The minimum absolute atomic E-state index is 0.154. The number of amides is 1. The molecule has 0 fully saturated rings. The van der Waals surface area contributed by atoms with Gasteiger partial charge in [-0.05, 0) is 41.4 Å². The molecule has 0 unspecified atom stereocenters. The van der Waals surface area contributed by atoms with Gasteiger partial charge in [0.15, 0.2) is 11.1 Å². The summed E-state index contributed by atoms with van der Waals surface area (Å²) >= 11 is 0. The minimum Gasteiger partial charge on any atom is -0.497 e. The van der Waals surface area contributed by atoms with Gasteiger partial charge in [-0.2, -0.15) is 0 Å². The van der Waals surface area contributed by atoms with Crippen molar-refractivity contribution in [3.05, 3.63) is 169 Å². The predicted molar refractivity (Wildman–Crippen MR) is 181 cm³/mol. The van der Waals surface area contributed by atoms with Crippen LogP contribution in [0.25, 0.3) is 11.2 Å². The largest absolute Gasteiger partial charge is 0.497 e. The third-order valence-electron chi connectivity index (χ3n) is 7.94. The molecule has 7 aromatic rings. The topological polar surface area (TPSA) is 107 Å². The highest BCUT2D eigenvalue weighted by Crippen LogP contribution is 2.40. The highest BCUT2D eigenvalue weighted by atomic mass is 16.6. The summed E-state index contributed by atoms with van der Waals surface area (Å²) < 4.78 is 11.6. The molecule has 3 N–H and O–H groups in total. The average Bonchev–Trinajstić information content (AvgIpc) is 3.62. The van der Waals surface area contributed by atoms with Crippen molar-refractivity contribution in [2.24, 2.45) is 0 Å². The normalized spacial score (nSPS) is 11.2. The van der Waals surface area contributed by atoms with Crippen LogP contribution in [0.3, 0.4) is 0 Å². The van der Waals surface area contributed by atoms with Gasteiger partial charge in [-0.3, -0.25) is 5.32 Å². The number of benzene rings is 5. The summed E-state index contributed by atoms with van der Waals surface area (Å²) in [7, 11) is 1.65. The fraction of sp³-hybridized carbons (Fsp3) is 0.0526. The number of carbonyl (C=O) groups excluding carboxylic acids is 1. The van der Waals surface area contributed by atoms with Crippen LogP contribution in [0.2, 0.25) is 0 Å². The van der Waals surface area contributed by atoms with Gasteiger partial charge < -0.3 is 14.5 Å². The van der Waals surface area contributed by atoms with E-state index >= 15 is 0 Å². The van der Waals surface area contributed by atoms with Gasteiger partial charge in [-0.15, -0.1) is 0 Å². The van der Waals surface area contributed by atoms with Crippen molar-refractivity contribution in [2.45, 2.75) is 5.54 Å². The number of hydrogen-bond acceptors (Lipinski definition) is 6. The fourth-order valence-corrected chi connectivity index (χ4v) is 5.74. The Morgan fingerprint density at radius 1 is 0.723 bits per heavy atom. The van der Waals surface area contributed by atoms with Crippen molar-refractivity contribution in [1.29, 1.82) is 0 Å². The highest BCUT2D eigenvalue weighted by molar-refractivity contribution is 5.97. The number of aromatic nitrogens is 4. The van der Waals surface area contributed by atoms with Gasteiger partial charge in [0.05, 0.1) is 24.8 Å². The number of para-hydroxylation sites is 2. The monoisotopic (exact) mass is 619 g/mol. The summed E-state index contributed by atoms with van der Waals surface area (Å²) in [5, 5.41) is 3.70. The third-order valence-corrected chi connectivity index (χ3v) is 7.94. The molecule has 0 saturated heterocycles. The molecule has 47 heavy (non-hydrogen) atoms. The smallest absolute Gasteiger partial charge is 0.426 e. The second-order valence-corrected chi connectivity index (χ2v) is 10.7. The van der Waals surface area contributed by atoms with E-state index in [4.69, 9.17) is 14.5 Å². The van der Waals surface area contributed by atoms with Gasteiger partial charge in [-0.25, -0.2) is 19.7 Å². The molecule has 9 heteroatoms. The number of ether oxygens (including phenoxy) is 2. The van der Waals surface area contributed by atoms with E-state index in [9.17, 15) is 4.79 Å². The quantitative estimate of drug-likeness (QED) is 0.162. The molecule has 7 rings (SSSR count). The number of aromatic amines is 2. The second kappa shape index (κ2) is 12.9. The Kier molecular flexibility index (Phi) is 8.00. The SMILES string of the molecule is COc1ccc(C(Nc2nc3nc[nH]c3c(OC(=O)N(c3ccccc3)c3ccccc3)[nH+]2)(c2ccccc2)c2ccccc2)cc1. The molecule has 0 bridgehead atoms. The van der Waals surface area contributed by atoms with E-state index in [1.807, 2.05) is 121 Å². The average molecular weight is 620 g/mol. The molecule has 0 spiro atoms. The Hall–Kier alpha value is -6.48. The maximum absolute atomic E-state index is 14.0. The van der Waals surface area contributed by atoms with E-state index in [2.05, 4.69) is 44.5 Å². The summed E-state index contributed by atoms with van der Waals surface area (Å²) in [4.78, 5) is 31.1. The number of methoxy groups -OCH3 is 1. The summed E-state index contributed by atoms with van der Waals surface area (Å²) in [6.45, 7) is 0. The highest BCUT2D eigenvalue weighted by Gasteiger charge is 2.41. The van der Waals surface area contributed by atoms with Crippen molar-refractivity contribution in [3.63, 3.8) is 0 Å². The van der Waals surface area contributed by atoms with Crippen LogP contribution in [0, 0.1) is 0 Å². The summed E-state index contributed by atoms with van der Waals surface area (Å²) in [6, 6.07) is 46.8. The van der Waals surface area contributed by atoms with E-state index in [1.165, 1.54) is 11.2 Å². The molecular formula is C38H31N6O3+. The first kappa shape index (κ1) is 29.2. The first-order valence-electron chi connectivity index (χ1n) is 15.1. The van der Waals surface area contributed by atoms with Crippen molar-refractivity contribution < 1.29 is 19.3 Å². The number of imidazole rings is 1. The molecule has 0 aliphatic heterocycles. The molecule has 2 heterocycles. The lowest BCUT2D eigenvalue weighted by atomic mass is 9.77. The van der Waals surface area contributed by atoms with E-state index in [0.29, 0.717) is 28.5 Å². The Bertz CT molecular complexity index is 2010. The first-order chi connectivity index (χ1) is 23.2. The fourth-order valence-electron chi connectivity index (χ4n) is 5.74. The summed E-state index contributed by atoms with van der Waals surface area (Å²) in [5.74, 6) is 1.23. The number of anilines is 3. The maximum Gasteiger partial charge on any atom is 0.426 e. The van der Waals surface area contributed by atoms with Crippen LogP contribution in [-0.2, 0) is 5.54 Å². The number of rotatable bonds is 9. The molecule has 5 aromatic carbocycles. The van der Waals surface area contributed by atoms with Gasteiger partial charge in [0.2, 0.25) is 0 Å². The molecule has 0 atom stereocenters. The Morgan fingerprint density at radius 2 is 1.23 bits per heavy atom. The second-order valence-electron chi connectivity index (χ2n) is 10.7. The minimum atomic E-state index is -0.927. The molecule has 0 saturated carbocycles. The van der Waals surface area contributed by atoms with Crippen LogP contribution in [0.15, 0.2) is 152 Å². The molecule has 9 nitrogen and oxygen atoms in total. The van der Waals surface area contributed by atoms with Gasteiger partial charge in [-0.1, -0.05) is 109 Å². The summed E-state index contributed by atoms with van der Waals surface area (Å²) in [5.41, 5.74) is 4.06. The number of fused-ring (bicyclic) bond motifs is 1. The van der Waals surface area contributed by atoms with Gasteiger partial charge in [0.25, 0.3) is 11.5 Å². The summed E-state index contributed by atoms with van der Waals surface area (Å²) in [6.07, 6.45) is 0.906. The van der Waals surface area contributed by atoms with E-state index in [1.54, 1.807) is 7.11 Å². The van der Waals surface area contributed by atoms with E-state index in [0.717, 1.165) is 22.4 Å².